The molecule has 1 aliphatic carbocycles. The fourth-order valence-electron chi connectivity index (χ4n) is 2.32. The minimum atomic E-state index is -0.427. The van der Waals surface area contributed by atoms with Gasteiger partial charge in [0.15, 0.2) is 0 Å². The minimum Gasteiger partial charge on any atom is -0.389 e. The standard InChI is InChI=1S/C14H29NO3/c1-11(2)14(10-17-3)15-8-12(16)9-18-13-6-4-5-7-13/h11-16H,4-10H2,1-3H3. The molecule has 0 bridgehead atoms. The molecule has 1 fully saturated rings. The van der Waals surface area contributed by atoms with Crippen LogP contribution in [0.15, 0.2) is 0 Å². The molecule has 4 nitrogen and oxygen atoms in total. The van der Waals surface area contributed by atoms with Crippen molar-refractivity contribution >= 4 is 0 Å². The lowest BCUT2D eigenvalue weighted by molar-refractivity contribution is -0.00779. The molecule has 0 aromatic carbocycles. The van der Waals surface area contributed by atoms with E-state index in [1.165, 1.54) is 12.8 Å². The van der Waals surface area contributed by atoms with Gasteiger partial charge in [0, 0.05) is 19.7 Å². The van der Waals surface area contributed by atoms with Crippen LogP contribution in [0.4, 0.5) is 0 Å². The Labute approximate surface area is 111 Å². The van der Waals surface area contributed by atoms with Crippen molar-refractivity contribution in [3.05, 3.63) is 0 Å². The maximum atomic E-state index is 9.88. The Morgan fingerprint density at radius 1 is 1.22 bits per heavy atom. The molecule has 4 heteroatoms. The highest BCUT2D eigenvalue weighted by molar-refractivity contribution is 4.73. The number of aliphatic hydroxyl groups is 1. The van der Waals surface area contributed by atoms with Gasteiger partial charge in [-0.3, -0.25) is 0 Å². The summed E-state index contributed by atoms with van der Waals surface area (Å²) >= 11 is 0. The Morgan fingerprint density at radius 2 is 1.89 bits per heavy atom. The number of rotatable bonds is 9. The summed E-state index contributed by atoms with van der Waals surface area (Å²) in [5.74, 6) is 0.493. The molecule has 0 saturated heterocycles. The first-order valence-electron chi connectivity index (χ1n) is 7.15. The van der Waals surface area contributed by atoms with Crippen LogP contribution in [0.3, 0.4) is 0 Å². The van der Waals surface area contributed by atoms with E-state index in [0.29, 0.717) is 31.8 Å². The van der Waals surface area contributed by atoms with Crippen LogP contribution in [0.1, 0.15) is 39.5 Å². The van der Waals surface area contributed by atoms with E-state index in [1.54, 1.807) is 7.11 Å². The first-order valence-corrected chi connectivity index (χ1v) is 7.15. The van der Waals surface area contributed by atoms with Crippen LogP contribution in [0.2, 0.25) is 0 Å². The predicted octanol–water partition coefficient (Wildman–Crippen LogP) is 1.57. The van der Waals surface area contributed by atoms with E-state index < -0.39 is 6.10 Å². The van der Waals surface area contributed by atoms with Crippen LogP contribution in [0.25, 0.3) is 0 Å². The lowest BCUT2D eigenvalue weighted by Gasteiger charge is -2.23. The molecule has 18 heavy (non-hydrogen) atoms. The smallest absolute Gasteiger partial charge is 0.0897 e. The van der Waals surface area contributed by atoms with E-state index in [1.807, 2.05) is 0 Å². The molecule has 0 aromatic heterocycles. The summed E-state index contributed by atoms with van der Waals surface area (Å²) in [6, 6.07) is 0.288. The molecule has 2 unspecified atom stereocenters. The van der Waals surface area contributed by atoms with Gasteiger partial charge < -0.3 is 19.9 Å². The first-order chi connectivity index (χ1) is 8.63. The molecule has 0 spiro atoms. The van der Waals surface area contributed by atoms with Gasteiger partial charge in [-0.15, -0.1) is 0 Å². The van der Waals surface area contributed by atoms with Crippen LogP contribution in [0.5, 0.6) is 0 Å². The largest absolute Gasteiger partial charge is 0.389 e. The Hall–Kier alpha value is -0.160. The summed E-state index contributed by atoms with van der Waals surface area (Å²) in [5.41, 5.74) is 0. The number of hydrogen-bond acceptors (Lipinski definition) is 4. The summed E-state index contributed by atoms with van der Waals surface area (Å²) < 4.78 is 10.9. The molecule has 1 rings (SSSR count). The van der Waals surface area contributed by atoms with E-state index in [2.05, 4.69) is 19.2 Å². The van der Waals surface area contributed by atoms with Crippen molar-refractivity contribution in [2.45, 2.75) is 57.8 Å². The van der Waals surface area contributed by atoms with Gasteiger partial charge in [0.2, 0.25) is 0 Å². The third-order valence-corrected chi connectivity index (χ3v) is 3.59. The van der Waals surface area contributed by atoms with Gasteiger partial charge in [-0.1, -0.05) is 26.7 Å². The summed E-state index contributed by atoms with van der Waals surface area (Å²) in [6.45, 7) is 5.98. The summed E-state index contributed by atoms with van der Waals surface area (Å²) in [6.07, 6.45) is 4.78. The minimum absolute atomic E-state index is 0.288. The Morgan fingerprint density at radius 3 is 2.44 bits per heavy atom. The number of methoxy groups -OCH3 is 1. The van der Waals surface area contributed by atoms with E-state index in [9.17, 15) is 5.11 Å². The van der Waals surface area contributed by atoms with Crippen molar-refractivity contribution in [2.24, 2.45) is 5.92 Å². The fraction of sp³-hybridized carbons (Fsp3) is 1.00. The summed E-state index contributed by atoms with van der Waals surface area (Å²) in [7, 11) is 1.71. The summed E-state index contributed by atoms with van der Waals surface area (Å²) in [4.78, 5) is 0. The molecule has 0 heterocycles. The van der Waals surface area contributed by atoms with Crippen molar-refractivity contribution in [1.82, 2.24) is 5.32 Å². The Kier molecular flexibility index (Phi) is 7.82. The molecule has 1 saturated carbocycles. The van der Waals surface area contributed by atoms with Crippen molar-refractivity contribution in [3.8, 4) is 0 Å². The van der Waals surface area contributed by atoms with Crippen molar-refractivity contribution in [1.29, 1.82) is 0 Å². The maximum absolute atomic E-state index is 9.88. The molecule has 2 atom stereocenters. The average molecular weight is 259 g/mol. The highest BCUT2D eigenvalue weighted by Gasteiger charge is 2.18. The van der Waals surface area contributed by atoms with Crippen LogP contribution in [0, 0.1) is 5.92 Å². The highest BCUT2D eigenvalue weighted by atomic mass is 16.5. The third kappa shape index (κ3) is 6.14. The number of aliphatic hydroxyl groups excluding tert-OH is 1. The molecule has 1 aliphatic rings. The second-order valence-electron chi connectivity index (χ2n) is 5.61. The van der Waals surface area contributed by atoms with Gasteiger partial charge in [-0.05, 0) is 18.8 Å². The fourth-order valence-corrected chi connectivity index (χ4v) is 2.32. The topological polar surface area (TPSA) is 50.7 Å². The van der Waals surface area contributed by atoms with Crippen LogP contribution < -0.4 is 5.32 Å². The van der Waals surface area contributed by atoms with Gasteiger partial charge >= 0.3 is 0 Å². The Bertz CT molecular complexity index is 205. The van der Waals surface area contributed by atoms with E-state index in [4.69, 9.17) is 9.47 Å². The molecule has 0 aliphatic heterocycles. The lowest BCUT2D eigenvalue weighted by Crippen LogP contribution is -2.43. The van der Waals surface area contributed by atoms with Gasteiger partial charge in [-0.2, -0.15) is 0 Å². The zero-order valence-corrected chi connectivity index (χ0v) is 12.0. The van der Waals surface area contributed by atoms with E-state index in [0.717, 1.165) is 12.8 Å². The number of nitrogens with one attached hydrogen (secondary N) is 1. The van der Waals surface area contributed by atoms with Gasteiger partial charge in [0.1, 0.15) is 0 Å². The zero-order chi connectivity index (χ0) is 13.4. The van der Waals surface area contributed by atoms with Gasteiger partial charge in [0.05, 0.1) is 25.4 Å². The predicted molar refractivity (Wildman–Crippen MR) is 72.7 cm³/mol. The van der Waals surface area contributed by atoms with Crippen molar-refractivity contribution in [3.63, 3.8) is 0 Å². The zero-order valence-electron chi connectivity index (χ0n) is 12.0. The second-order valence-corrected chi connectivity index (χ2v) is 5.61. The van der Waals surface area contributed by atoms with Crippen LogP contribution in [-0.4, -0.2) is 50.2 Å². The third-order valence-electron chi connectivity index (χ3n) is 3.59. The van der Waals surface area contributed by atoms with Crippen LogP contribution in [-0.2, 0) is 9.47 Å². The Balaban J connectivity index is 2.12. The maximum Gasteiger partial charge on any atom is 0.0897 e. The molecule has 2 N–H and O–H groups in total. The number of ether oxygens (including phenoxy) is 2. The van der Waals surface area contributed by atoms with Crippen LogP contribution >= 0.6 is 0 Å². The SMILES string of the molecule is COCC(NCC(O)COC1CCCC1)C(C)C. The quantitative estimate of drug-likeness (QED) is 0.660. The molecular formula is C14H29NO3. The first kappa shape index (κ1) is 15.9. The van der Waals surface area contributed by atoms with E-state index in [-0.39, 0.29) is 6.04 Å². The van der Waals surface area contributed by atoms with Gasteiger partial charge in [-0.25, -0.2) is 0 Å². The van der Waals surface area contributed by atoms with Crippen molar-refractivity contribution in [2.75, 3.05) is 26.9 Å². The average Bonchev–Trinajstić information content (AvgIpc) is 2.84. The highest BCUT2D eigenvalue weighted by Crippen LogP contribution is 2.20. The summed E-state index contributed by atoms with van der Waals surface area (Å²) in [5, 5.41) is 13.2. The number of hydrogen-bond donors (Lipinski definition) is 2. The molecule has 0 aromatic rings. The van der Waals surface area contributed by atoms with E-state index >= 15 is 0 Å². The molecule has 108 valence electrons. The van der Waals surface area contributed by atoms with Crippen molar-refractivity contribution < 1.29 is 14.6 Å². The molecular weight excluding hydrogens is 230 g/mol. The molecule has 0 radical (unpaired) electrons. The van der Waals surface area contributed by atoms with Gasteiger partial charge in [0.25, 0.3) is 0 Å². The normalized spacial score (nSPS) is 20.5. The molecule has 0 amide bonds. The lowest BCUT2D eigenvalue weighted by atomic mass is 10.1. The monoisotopic (exact) mass is 259 g/mol. The second kappa shape index (κ2) is 8.86.